The van der Waals surface area contributed by atoms with Gasteiger partial charge in [-0.3, -0.25) is 4.79 Å². The minimum absolute atomic E-state index is 0.323. The second kappa shape index (κ2) is 4.64. The molecule has 0 saturated carbocycles. The fourth-order valence-electron chi connectivity index (χ4n) is 2.48. The summed E-state index contributed by atoms with van der Waals surface area (Å²) in [7, 11) is 2.81. The number of likely N-dealkylation sites (N-methyl/N-ethyl adjacent to an activating group) is 1. The highest BCUT2D eigenvalue weighted by Gasteiger charge is 2.70. The lowest BCUT2D eigenvalue weighted by atomic mass is 9.95. The zero-order valence-corrected chi connectivity index (χ0v) is 11.3. The van der Waals surface area contributed by atoms with Crippen LogP contribution >= 0.6 is 0 Å². The molecule has 5 atom stereocenters. The van der Waals surface area contributed by atoms with Crippen LogP contribution < -0.4 is 0 Å². The molecular weight excluding hydrogens is 261 g/mol. The van der Waals surface area contributed by atoms with Crippen LogP contribution in [0.5, 0.6) is 0 Å². The Morgan fingerprint density at radius 2 is 2.16 bits per heavy atom. The topological polar surface area (TPSA) is 77.5 Å². The average Bonchev–Trinajstić information content (AvgIpc) is 2.82. The first-order chi connectivity index (χ1) is 8.78. The molecule has 7 nitrogen and oxygen atoms in total. The molecule has 5 unspecified atom stereocenters. The number of alkyl halides is 1. The summed E-state index contributed by atoms with van der Waals surface area (Å²) in [6, 6.07) is 0. The van der Waals surface area contributed by atoms with Crippen molar-refractivity contribution in [3.63, 3.8) is 0 Å². The Morgan fingerprint density at radius 1 is 1.53 bits per heavy atom. The molecule has 2 fully saturated rings. The number of ether oxygens (including phenoxy) is 4. The Labute approximate surface area is 110 Å². The van der Waals surface area contributed by atoms with Crippen LogP contribution in [0.2, 0.25) is 0 Å². The highest BCUT2D eigenvalue weighted by molar-refractivity contribution is 5.73. The van der Waals surface area contributed by atoms with Crippen molar-refractivity contribution < 1.29 is 33.2 Å². The summed E-state index contributed by atoms with van der Waals surface area (Å²) in [5.41, 5.74) is -1.27. The van der Waals surface area contributed by atoms with Crippen LogP contribution in [0.15, 0.2) is 0 Å². The van der Waals surface area contributed by atoms with Crippen molar-refractivity contribution in [3.05, 3.63) is 0 Å². The van der Waals surface area contributed by atoms with E-state index in [9.17, 15) is 14.3 Å². The fourth-order valence-corrected chi connectivity index (χ4v) is 2.48. The minimum Gasteiger partial charge on any atom is -0.390 e. The third-order valence-corrected chi connectivity index (χ3v) is 3.56. The molecule has 8 heteroatoms. The summed E-state index contributed by atoms with van der Waals surface area (Å²) in [4.78, 5) is 12.6. The molecule has 2 saturated heterocycles. The summed E-state index contributed by atoms with van der Waals surface area (Å²) in [5.74, 6) is -2.77. The normalized spacial score (nSPS) is 45.3. The van der Waals surface area contributed by atoms with E-state index < -0.39 is 36.9 Å². The molecule has 0 aromatic heterocycles. The number of fused-ring (bicyclic) bond motifs is 1. The monoisotopic (exact) mass is 279 g/mol. The van der Waals surface area contributed by atoms with Crippen LogP contribution in [0, 0.1) is 0 Å². The van der Waals surface area contributed by atoms with Crippen molar-refractivity contribution in [3.8, 4) is 0 Å². The number of hydrogen-bond donors (Lipinski definition) is 1. The molecule has 0 radical (unpaired) electrons. The molecule has 2 heterocycles. The van der Waals surface area contributed by atoms with Crippen molar-refractivity contribution in [1.82, 2.24) is 4.90 Å². The van der Waals surface area contributed by atoms with Crippen molar-refractivity contribution >= 4 is 5.91 Å². The van der Waals surface area contributed by atoms with Gasteiger partial charge in [-0.15, -0.1) is 0 Å². The molecule has 2 aliphatic rings. The van der Waals surface area contributed by atoms with Crippen LogP contribution in [0.3, 0.4) is 0 Å². The maximum Gasteiger partial charge on any atom is 0.272 e. The van der Waals surface area contributed by atoms with E-state index in [2.05, 4.69) is 0 Å². The van der Waals surface area contributed by atoms with E-state index in [1.807, 2.05) is 0 Å². The smallest absolute Gasteiger partial charge is 0.272 e. The van der Waals surface area contributed by atoms with Crippen molar-refractivity contribution in [2.75, 3.05) is 20.8 Å². The van der Waals surface area contributed by atoms with E-state index in [1.54, 1.807) is 6.92 Å². The van der Waals surface area contributed by atoms with Gasteiger partial charge in [-0.2, -0.15) is 0 Å². The van der Waals surface area contributed by atoms with Crippen LogP contribution in [0.25, 0.3) is 0 Å². The quantitative estimate of drug-likeness (QED) is 0.756. The number of halogens is 1. The highest BCUT2D eigenvalue weighted by Crippen LogP contribution is 2.49. The molecule has 0 spiro atoms. The van der Waals surface area contributed by atoms with E-state index in [0.717, 1.165) is 0 Å². The first-order valence-electron chi connectivity index (χ1n) is 5.85. The molecule has 110 valence electrons. The molecule has 1 amide bonds. The summed E-state index contributed by atoms with van der Waals surface area (Å²) >= 11 is 0. The Morgan fingerprint density at radius 3 is 2.63 bits per heavy atom. The number of methoxy groups -OCH3 is 1. The Kier molecular flexibility index (Phi) is 3.56. The maximum absolute atomic E-state index is 14.6. The third-order valence-electron chi connectivity index (χ3n) is 3.56. The van der Waals surface area contributed by atoms with Gasteiger partial charge in [0, 0.05) is 21.1 Å². The van der Waals surface area contributed by atoms with Crippen molar-refractivity contribution in [1.29, 1.82) is 0 Å². The predicted molar refractivity (Wildman–Crippen MR) is 59.4 cm³/mol. The number of hydrogen-bond acceptors (Lipinski definition) is 6. The molecule has 2 rings (SSSR count). The largest absolute Gasteiger partial charge is 0.390 e. The van der Waals surface area contributed by atoms with E-state index in [4.69, 9.17) is 18.9 Å². The molecule has 0 bridgehead atoms. The van der Waals surface area contributed by atoms with E-state index >= 15 is 0 Å². The molecule has 2 aliphatic heterocycles. The first-order valence-corrected chi connectivity index (χ1v) is 5.85. The zero-order chi connectivity index (χ0) is 14.4. The van der Waals surface area contributed by atoms with Gasteiger partial charge in [0.2, 0.25) is 5.91 Å². The average molecular weight is 279 g/mol. The Hall–Kier alpha value is -0.800. The SMILES string of the molecule is COC1OC2C(F)(CO)OC(N(C)C(C)=O)C2(C)O1. The lowest BCUT2D eigenvalue weighted by Crippen LogP contribution is -2.52. The maximum atomic E-state index is 14.6. The van der Waals surface area contributed by atoms with Crippen LogP contribution in [-0.4, -0.2) is 66.9 Å². The summed E-state index contributed by atoms with van der Waals surface area (Å²) in [5, 5.41) is 9.20. The van der Waals surface area contributed by atoms with Crippen molar-refractivity contribution in [2.24, 2.45) is 0 Å². The summed E-state index contributed by atoms with van der Waals surface area (Å²) in [6.45, 7) is 0.902. The number of aliphatic hydroxyl groups is 1. The van der Waals surface area contributed by atoms with E-state index in [-0.39, 0.29) is 5.91 Å². The number of carbonyl (C=O) groups excluding carboxylic acids is 1. The Balaban J connectivity index is 2.35. The third kappa shape index (κ3) is 2.03. The number of amides is 1. The van der Waals surface area contributed by atoms with E-state index in [0.29, 0.717) is 0 Å². The van der Waals surface area contributed by atoms with Gasteiger partial charge in [-0.05, 0) is 6.92 Å². The molecule has 19 heavy (non-hydrogen) atoms. The first kappa shape index (κ1) is 14.6. The minimum atomic E-state index is -2.45. The lowest BCUT2D eigenvalue weighted by Gasteiger charge is -2.33. The van der Waals surface area contributed by atoms with Crippen LogP contribution in [-0.2, 0) is 23.7 Å². The zero-order valence-electron chi connectivity index (χ0n) is 11.3. The molecule has 0 aromatic rings. The van der Waals surface area contributed by atoms with Gasteiger partial charge in [0.05, 0.1) is 0 Å². The van der Waals surface area contributed by atoms with Gasteiger partial charge < -0.3 is 29.0 Å². The summed E-state index contributed by atoms with van der Waals surface area (Å²) in [6.07, 6.45) is -2.21. The predicted octanol–water partition coefficient (Wildman–Crippen LogP) is -0.417. The number of carbonyl (C=O) groups is 1. The van der Waals surface area contributed by atoms with Gasteiger partial charge in [0.15, 0.2) is 12.3 Å². The summed E-state index contributed by atoms with van der Waals surface area (Å²) < 4.78 is 35.4. The van der Waals surface area contributed by atoms with Gasteiger partial charge in [0.25, 0.3) is 12.3 Å². The van der Waals surface area contributed by atoms with Gasteiger partial charge >= 0.3 is 0 Å². The van der Waals surface area contributed by atoms with Gasteiger partial charge in [0.1, 0.15) is 12.2 Å². The molecule has 0 aliphatic carbocycles. The van der Waals surface area contributed by atoms with Crippen LogP contribution in [0.1, 0.15) is 13.8 Å². The molecular formula is C11H18FNO6. The number of aliphatic hydroxyl groups excluding tert-OH is 1. The highest BCUT2D eigenvalue weighted by atomic mass is 19.2. The number of nitrogens with zero attached hydrogens (tertiary/aromatic N) is 1. The standard InChI is InChI=1S/C11H18FNO6/c1-6(15)13(3)8-10(2)7(11(12,5-14)18-8)17-9(16-4)19-10/h7-9,14H,5H2,1-4H3. The number of rotatable bonds is 3. The second-order valence-electron chi connectivity index (χ2n) is 4.89. The van der Waals surface area contributed by atoms with Gasteiger partial charge in [-0.25, -0.2) is 4.39 Å². The molecule has 0 aromatic carbocycles. The van der Waals surface area contributed by atoms with E-state index in [1.165, 1.54) is 26.0 Å². The Bertz CT molecular complexity index is 382. The second-order valence-corrected chi connectivity index (χ2v) is 4.89. The lowest BCUT2D eigenvalue weighted by molar-refractivity contribution is -0.302. The molecule has 1 N–H and O–H groups in total. The van der Waals surface area contributed by atoms with Gasteiger partial charge in [-0.1, -0.05) is 0 Å². The van der Waals surface area contributed by atoms with Crippen molar-refractivity contribution in [2.45, 2.75) is 44.1 Å². The fraction of sp³-hybridized carbons (Fsp3) is 0.909. The van der Waals surface area contributed by atoms with Crippen LogP contribution in [0.4, 0.5) is 4.39 Å².